The van der Waals surface area contributed by atoms with E-state index in [0.717, 1.165) is 0 Å². The van der Waals surface area contributed by atoms with Crippen LogP contribution in [0, 0.1) is 31.6 Å². The molecule has 0 aliphatic heterocycles. The minimum atomic E-state index is 0.236. The highest BCUT2D eigenvalue weighted by Crippen LogP contribution is 2.27. The van der Waals surface area contributed by atoms with Crippen molar-refractivity contribution >= 4 is 0 Å². The van der Waals surface area contributed by atoms with Crippen LogP contribution in [0.2, 0.25) is 0 Å². The Morgan fingerprint density at radius 1 is 1.33 bits per heavy atom. The van der Waals surface area contributed by atoms with Gasteiger partial charge in [-0.05, 0) is 32.6 Å². The third kappa shape index (κ3) is 1.68. The van der Waals surface area contributed by atoms with Crippen molar-refractivity contribution in [2.45, 2.75) is 13.0 Å². The van der Waals surface area contributed by atoms with Gasteiger partial charge in [0.15, 0.2) is 0 Å². The zero-order valence-electron chi connectivity index (χ0n) is 5.79. The van der Waals surface area contributed by atoms with Crippen LogP contribution in [0.1, 0.15) is 6.92 Å². The van der Waals surface area contributed by atoms with E-state index in [1.165, 1.54) is 5.92 Å². The van der Waals surface area contributed by atoms with Gasteiger partial charge in [0.1, 0.15) is 0 Å². The quantitative estimate of drug-likeness (QED) is 0.539. The first-order valence-corrected chi connectivity index (χ1v) is 3.09. The summed E-state index contributed by atoms with van der Waals surface area (Å²) in [7, 11) is 1.72. The van der Waals surface area contributed by atoms with Crippen molar-refractivity contribution in [2.24, 2.45) is 0 Å². The molecule has 0 heterocycles. The maximum absolute atomic E-state index is 5.09. The zero-order chi connectivity index (χ0) is 6.69. The van der Waals surface area contributed by atoms with E-state index in [4.69, 9.17) is 4.74 Å². The van der Waals surface area contributed by atoms with Crippen molar-refractivity contribution in [1.82, 2.24) is 0 Å². The normalized spacial score (nSPS) is 24.7. The largest absolute Gasteiger partial charge is 0.381 e. The Morgan fingerprint density at radius 2 is 1.89 bits per heavy atom. The molecule has 0 N–H and O–H groups in total. The summed E-state index contributed by atoms with van der Waals surface area (Å²) in [4.78, 5) is 0. The molecule has 0 amide bonds. The highest BCUT2D eigenvalue weighted by Gasteiger charge is 2.22. The Bertz CT molecular complexity index is 74.6. The van der Waals surface area contributed by atoms with Crippen molar-refractivity contribution < 1.29 is 4.74 Å². The van der Waals surface area contributed by atoms with Crippen LogP contribution >= 0.6 is 0 Å². The van der Waals surface area contributed by atoms with E-state index in [2.05, 4.69) is 12.8 Å². The van der Waals surface area contributed by atoms with E-state index in [1.807, 2.05) is 19.8 Å². The lowest BCUT2D eigenvalue weighted by Gasteiger charge is -2.14. The summed E-state index contributed by atoms with van der Waals surface area (Å²) in [6.07, 6.45) is 8.40. The van der Waals surface area contributed by atoms with Gasteiger partial charge in [-0.1, -0.05) is 0 Å². The Balaban J connectivity index is 2.24. The van der Waals surface area contributed by atoms with Crippen LogP contribution in [-0.2, 0) is 4.74 Å². The molecular formula is C8H11O. The molecule has 0 spiro atoms. The monoisotopic (exact) mass is 123 g/mol. The van der Waals surface area contributed by atoms with Crippen LogP contribution in [0.5, 0.6) is 0 Å². The number of hydrogen-bond donors (Lipinski definition) is 0. The Kier molecular flexibility index (Phi) is 2.52. The van der Waals surface area contributed by atoms with Gasteiger partial charge in [-0.15, -0.1) is 0 Å². The minimum Gasteiger partial charge on any atom is -0.381 e. The van der Waals surface area contributed by atoms with Gasteiger partial charge >= 0.3 is 0 Å². The van der Waals surface area contributed by atoms with E-state index >= 15 is 0 Å². The third-order valence-electron chi connectivity index (χ3n) is 1.51. The van der Waals surface area contributed by atoms with Crippen LogP contribution in [0.3, 0.4) is 0 Å². The summed E-state index contributed by atoms with van der Waals surface area (Å²) < 4.78 is 5.09. The predicted molar refractivity (Wildman–Crippen MR) is 36.9 cm³/mol. The second-order valence-electron chi connectivity index (χ2n) is 2.10. The average molecular weight is 123 g/mol. The summed E-state index contributed by atoms with van der Waals surface area (Å²) in [6.45, 7) is 2.04. The molecule has 9 heavy (non-hydrogen) atoms. The molecule has 1 aliphatic carbocycles. The molecule has 0 aromatic heterocycles. The topological polar surface area (TPSA) is 9.23 Å². The van der Waals surface area contributed by atoms with Crippen molar-refractivity contribution in [3.63, 3.8) is 0 Å². The lowest BCUT2D eigenvalue weighted by molar-refractivity contribution is 0.135. The molecule has 0 aromatic rings. The molecule has 0 unspecified atom stereocenters. The summed E-state index contributed by atoms with van der Waals surface area (Å²) in [6, 6.07) is 0. The molecule has 1 aliphatic rings. The molecular weight excluding hydrogens is 112 g/mol. The van der Waals surface area contributed by atoms with Crippen LogP contribution in [0.4, 0.5) is 0 Å². The summed E-state index contributed by atoms with van der Waals surface area (Å²) in [5.74, 6) is 1.25. The zero-order valence-corrected chi connectivity index (χ0v) is 5.79. The van der Waals surface area contributed by atoms with Crippen molar-refractivity contribution in [2.75, 3.05) is 7.11 Å². The summed E-state index contributed by atoms with van der Waals surface area (Å²) in [5, 5.41) is 0. The van der Waals surface area contributed by atoms with Crippen LogP contribution < -0.4 is 0 Å². The van der Waals surface area contributed by atoms with E-state index < -0.39 is 0 Å². The van der Waals surface area contributed by atoms with Crippen LogP contribution in [0.15, 0.2) is 0 Å². The molecule has 49 valence electrons. The maximum atomic E-state index is 5.09. The number of methoxy groups -OCH3 is 1. The lowest BCUT2D eigenvalue weighted by Crippen LogP contribution is -2.14. The van der Waals surface area contributed by atoms with E-state index in [9.17, 15) is 0 Å². The summed E-state index contributed by atoms with van der Waals surface area (Å²) in [5.41, 5.74) is 0. The molecule has 1 rings (SSSR count). The van der Waals surface area contributed by atoms with Crippen LogP contribution in [-0.4, -0.2) is 13.2 Å². The van der Waals surface area contributed by atoms with Gasteiger partial charge in [0.2, 0.25) is 0 Å². The maximum Gasteiger partial charge on any atom is 0.0611 e. The predicted octanol–water partition coefficient (Wildman–Crippen LogP) is 1.43. The third-order valence-corrected chi connectivity index (χ3v) is 1.51. The summed E-state index contributed by atoms with van der Waals surface area (Å²) >= 11 is 0. The minimum absolute atomic E-state index is 0.236. The molecule has 1 saturated carbocycles. The highest BCUT2D eigenvalue weighted by molar-refractivity contribution is 5.37. The number of hydrogen-bond acceptors (Lipinski definition) is 1. The molecule has 1 heteroatoms. The molecule has 0 bridgehead atoms. The van der Waals surface area contributed by atoms with Gasteiger partial charge in [-0.25, -0.2) is 0 Å². The molecule has 0 aromatic carbocycles. The van der Waals surface area contributed by atoms with Crippen LogP contribution in [0.25, 0.3) is 0 Å². The Hall–Kier alpha value is -0.0400. The second kappa shape index (κ2) is 3.21. The van der Waals surface area contributed by atoms with E-state index in [-0.39, 0.29) is 6.10 Å². The fraction of sp³-hybridized carbons (Fsp3) is 0.375. The van der Waals surface area contributed by atoms with Crippen molar-refractivity contribution in [1.29, 1.82) is 0 Å². The Labute approximate surface area is 57.4 Å². The first kappa shape index (κ1) is 7.07. The van der Waals surface area contributed by atoms with E-state index in [0.29, 0.717) is 0 Å². The lowest BCUT2D eigenvalue weighted by atomic mass is 10.0. The number of ether oxygens (including phenoxy) is 1. The van der Waals surface area contributed by atoms with Gasteiger partial charge in [-0.2, -0.15) is 0 Å². The fourth-order valence-electron chi connectivity index (χ4n) is 0.796. The SMILES string of the molecule is CO[C@H](C)[C]1[CH][CH][CH][CH]1. The molecule has 1 fully saturated rings. The van der Waals surface area contributed by atoms with Gasteiger partial charge in [-0.3, -0.25) is 0 Å². The first-order chi connectivity index (χ1) is 4.34. The van der Waals surface area contributed by atoms with Gasteiger partial charge in [0.05, 0.1) is 6.10 Å². The highest BCUT2D eigenvalue weighted by atomic mass is 16.5. The average Bonchev–Trinajstić information content (AvgIpc) is 2.37. The molecule has 1 atom stereocenters. The van der Waals surface area contributed by atoms with Crippen molar-refractivity contribution in [3.8, 4) is 0 Å². The Morgan fingerprint density at radius 3 is 2.33 bits per heavy atom. The van der Waals surface area contributed by atoms with E-state index in [1.54, 1.807) is 7.11 Å². The second-order valence-corrected chi connectivity index (χ2v) is 2.10. The fourth-order valence-corrected chi connectivity index (χ4v) is 0.796. The van der Waals surface area contributed by atoms with Gasteiger partial charge in [0, 0.05) is 13.0 Å². The first-order valence-electron chi connectivity index (χ1n) is 3.09. The molecule has 5 radical (unpaired) electrons. The van der Waals surface area contributed by atoms with Gasteiger partial charge < -0.3 is 4.74 Å². The smallest absolute Gasteiger partial charge is 0.0611 e. The molecule has 0 saturated heterocycles. The number of rotatable bonds is 2. The van der Waals surface area contributed by atoms with Gasteiger partial charge in [0.25, 0.3) is 0 Å². The standard InChI is InChI=1S/C8H11O/c1-7(9-2)8-5-3-4-6-8/h3-7H,1-2H3/t7-/m1/s1. The molecule has 1 nitrogen and oxygen atoms in total. The van der Waals surface area contributed by atoms with Crippen molar-refractivity contribution in [3.05, 3.63) is 31.6 Å².